The Bertz CT molecular complexity index is 95.0. The van der Waals surface area contributed by atoms with E-state index in [-0.39, 0.29) is 11.8 Å². The molecule has 0 radical (unpaired) electrons. The highest BCUT2D eigenvalue weighted by Crippen LogP contribution is 1.97. The highest BCUT2D eigenvalue weighted by atomic mass is 16.5. The van der Waals surface area contributed by atoms with Gasteiger partial charge in [-0.05, 0) is 13.0 Å². The van der Waals surface area contributed by atoms with Crippen molar-refractivity contribution < 1.29 is 10.0 Å². The quantitative estimate of drug-likeness (QED) is 0.357. The van der Waals surface area contributed by atoms with Crippen molar-refractivity contribution in [3.63, 3.8) is 0 Å². The Kier molecular flexibility index (Phi) is 4.00. The third kappa shape index (κ3) is 3.05. The van der Waals surface area contributed by atoms with Crippen molar-refractivity contribution >= 4 is 5.91 Å². The van der Waals surface area contributed by atoms with Gasteiger partial charge in [0.25, 0.3) is 0 Å². The summed E-state index contributed by atoms with van der Waals surface area (Å²) in [6.45, 7) is 2.17. The zero-order chi connectivity index (χ0) is 7.28. The van der Waals surface area contributed by atoms with E-state index in [2.05, 4.69) is 0 Å². The Balaban J connectivity index is 3.45. The molecular weight excluding hydrogens is 120 g/mol. The van der Waals surface area contributed by atoms with E-state index in [0.717, 1.165) is 0 Å². The fourth-order valence-corrected chi connectivity index (χ4v) is 0.491. The molecule has 0 aliphatic heterocycles. The zero-order valence-electron chi connectivity index (χ0n) is 5.42. The molecule has 0 saturated carbocycles. The topological polar surface area (TPSA) is 75.4 Å². The average Bonchev–Trinajstić information content (AvgIpc) is 1.87. The second kappa shape index (κ2) is 4.29. The van der Waals surface area contributed by atoms with Crippen LogP contribution in [0.15, 0.2) is 0 Å². The zero-order valence-corrected chi connectivity index (χ0v) is 5.42. The smallest absolute Gasteiger partial charge is 0.246 e. The summed E-state index contributed by atoms with van der Waals surface area (Å²) < 4.78 is 0. The molecule has 1 atom stereocenters. The first-order valence-corrected chi connectivity index (χ1v) is 2.86. The standard InChI is InChI=1S/C5H12N2O2/c1-4(2-3-6)5(8)7-9/h4,9H,2-3,6H2,1H3,(H,7,8). The van der Waals surface area contributed by atoms with Crippen LogP contribution in [-0.2, 0) is 4.79 Å². The van der Waals surface area contributed by atoms with Crippen molar-refractivity contribution in [3.8, 4) is 0 Å². The predicted molar refractivity (Wildman–Crippen MR) is 32.8 cm³/mol. The maximum atomic E-state index is 10.5. The van der Waals surface area contributed by atoms with Crippen molar-refractivity contribution in [1.29, 1.82) is 0 Å². The van der Waals surface area contributed by atoms with Crippen molar-refractivity contribution in [2.24, 2.45) is 11.7 Å². The largest absolute Gasteiger partial charge is 0.330 e. The van der Waals surface area contributed by atoms with Gasteiger partial charge in [0.15, 0.2) is 0 Å². The van der Waals surface area contributed by atoms with Crippen LogP contribution in [0, 0.1) is 5.92 Å². The van der Waals surface area contributed by atoms with E-state index >= 15 is 0 Å². The van der Waals surface area contributed by atoms with Crippen molar-refractivity contribution in [3.05, 3.63) is 0 Å². The summed E-state index contributed by atoms with van der Waals surface area (Å²) in [5.74, 6) is -0.569. The molecule has 4 heteroatoms. The van der Waals surface area contributed by atoms with E-state index < -0.39 is 0 Å². The molecule has 0 fully saturated rings. The molecule has 4 N–H and O–H groups in total. The normalized spacial score (nSPS) is 12.8. The van der Waals surface area contributed by atoms with Crippen LogP contribution in [0.3, 0.4) is 0 Å². The summed E-state index contributed by atoms with van der Waals surface area (Å²) in [5.41, 5.74) is 6.72. The molecule has 0 aliphatic rings. The SMILES string of the molecule is CC(CCN)C(=O)NO. The van der Waals surface area contributed by atoms with Gasteiger partial charge in [0.2, 0.25) is 5.91 Å². The van der Waals surface area contributed by atoms with Crippen molar-refractivity contribution in [2.75, 3.05) is 6.54 Å². The number of hydroxylamine groups is 1. The van der Waals surface area contributed by atoms with E-state index in [9.17, 15) is 4.79 Å². The van der Waals surface area contributed by atoms with Crippen molar-refractivity contribution in [2.45, 2.75) is 13.3 Å². The lowest BCUT2D eigenvalue weighted by Gasteiger charge is -2.05. The minimum absolute atomic E-state index is 0.194. The number of hydrogen-bond donors (Lipinski definition) is 3. The molecule has 1 unspecified atom stereocenters. The van der Waals surface area contributed by atoms with Gasteiger partial charge in [-0.15, -0.1) is 0 Å². The summed E-state index contributed by atoms with van der Waals surface area (Å²) in [5, 5.41) is 8.09. The highest BCUT2D eigenvalue weighted by Gasteiger charge is 2.08. The van der Waals surface area contributed by atoms with Crippen LogP contribution in [0.4, 0.5) is 0 Å². The van der Waals surface area contributed by atoms with Gasteiger partial charge in [-0.25, -0.2) is 5.48 Å². The molecule has 0 aromatic rings. The molecule has 0 spiro atoms. The number of hydrogen-bond acceptors (Lipinski definition) is 3. The van der Waals surface area contributed by atoms with Crippen molar-refractivity contribution in [1.82, 2.24) is 5.48 Å². The molecule has 4 nitrogen and oxygen atoms in total. The van der Waals surface area contributed by atoms with E-state index in [1.54, 1.807) is 12.4 Å². The van der Waals surface area contributed by atoms with Gasteiger partial charge in [0, 0.05) is 5.92 Å². The molecule has 54 valence electrons. The lowest BCUT2D eigenvalue weighted by Crippen LogP contribution is -2.27. The van der Waals surface area contributed by atoms with Crippen LogP contribution in [-0.4, -0.2) is 17.7 Å². The lowest BCUT2D eigenvalue weighted by molar-refractivity contribution is -0.132. The molecule has 9 heavy (non-hydrogen) atoms. The molecule has 0 aliphatic carbocycles. The van der Waals surface area contributed by atoms with E-state index in [0.29, 0.717) is 13.0 Å². The summed E-state index contributed by atoms with van der Waals surface area (Å²) in [6, 6.07) is 0. The first-order valence-electron chi connectivity index (χ1n) is 2.86. The van der Waals surface area contributed by atoms with Crippen LogP contribution in [0.25, 0.3) is 0 Å². The van der Waals surface area contributed by atoms with Crippen LogP contribution in [0.1, 0.15) is 13.3 Å². The molecular formula is C5H12N2O2. The van der Waals surface area contributed by atoms with Gasteiger partial charge in [0.05, 0.1) is 0 Å². The molecule has 0 bridgehead atoms. The molecule has 0 aromatic carbocycles. The van der Waals surface area contributed by atoms with Gasteiger partial charge in [-0.3, -0.25) is 10.0 Å². The molecule has 0 aromatic heterocycles. The third-order valence-corrected chi connectivity index (χ3v) is 1.16. The van der Waals surface area contributed by atoms with E-state index in [1.165, 1.54) is 0 Å². The van der Waals surface area contributed by atoms with Crippen LogP contribution < -0.4 is 11.2 Å². The van der Waals surface area contributed by atoms with Gasteiger partial charge in [-0.2, -0.15) is 0 Å². The summed E-state index contributed by atoms with van der Waals surface area (Å²) >= 11 is 0. The van der Waals surface area contributed by atoms with E-state index in [1.807, 2.05) is 0 Å². The van der Waals surface area contributed by atoms with Gasteiger partial charge < -0.3 is 5.73 Å². The lowest BCUT2D eigenvalue weighted by atomic mass is 10.1. The van der Waals surface area contributed by atoms with Crippen LogP contribution in [0.2, 0.25) is 0 Å². The number of amides is 1. The first kappa shape index (κ1) is 8.39. The van der Waals surface area contributed by atoms with Crippen LogP contribution >= 0.6 is 0 Å². The first-order chi connectivity index (χ1) is 4.22. The second-order valence-electron chi connectivity index (χ2n) is 1.95. The summed E-state index contributed by atoms with van der Waals surface area (Å²) in [4.78, 5) is 10.5. The Labute approximate surface area is 54.0 Å². The molecule has 0 rings (SSSR count). The monoisotopic (exact) mass is 132 g/mol. The number of carbonyl (C=O) groups is 1. The Morgan fingerprint density at radius 2 is 2.44 bits per heavy atom. The Hall–Kier alpha value is -0.610. The maximum absolute atomic E-state index is 10.5. The average molecular weight is 132 g/mol. The maximum Gasteiger partial charge on any atom is 0.246 e. The fraction of sp³-hybridized carbons (Fsp3) is 0.800. The predicted octanol–water partition coefficient (Wildman–Crippen LogP) is -0.523. The molecule has 0 heterocycles. The van der Waals surface area contributed by atoms with Gasteiger partial charge >= 0.3 is 0 Å². The fourth-order valence-electron chi connectivity index (χ4n) is 0.491. The molecule has 0 saturated heterocycles. The summed E-state index contributed by atoms with van der Waals surface area (Å²) in [6.07, 6.45) is 0.604. The number of rotatable bonds is 3. The number of carbonyl (C=O) groups excluding carboxylic acids is 1. The van der Waals surface area contributed by atoms with Gasteiger partial charge in [-0.1, -0.05) is 6.92 Å². The minimum atomic E-state index is -0.375. The Morgan fingerprint density at radius 3 is 2.78 bits per heavy atom. The molecule has 1 amide bonds. The number of nitrogens with one attached hydrogen (secondary N) is 1. The summed E-state index contributed by atoms with van der Waals surface area (Å²) in [7, 11) is 0. The number of nitrogens with two attached hydrogens (primary N) is 1. The van der Waals surface area contributed by atoms with Gasteiger partial charge in [0.1, 0.15) is 0 Å². The second-order valence-corrected chi connectivity index (χ2v) is 1.95. The highest BCUT2D eigenvalue weighted by molar-refractivity contribution is 5.76. The Morgan fingerprint density at radius 1 is 1.89 bits per heavy atom. The minimum Gasteiger partial charge on any atom is -0.330 e. The van der Waals surface area contributed by atoms with E-state index in [4.69, 9.17) is 10.9 Å². The van der Waals surface area contributed by atoms with Crippen LogP contribution in [0.5, 0.6) is 0 Å². The third-order valence-electron chi connectivity index (χ3n) is 1.16.